The van der Waals surface area contributed by atoms with Crippen molar-refractivity contribution in [2.24, 2.45) is 0 Å². The number of nitrogens with one attached hydrogen (secondary N) is 1. The van der Waals surface area contributed by atoms with Crippen molar-refractivity contribution in [1.29, 1.82) is 0 Å². The monoisotopic (exact) mass is 487 g/mol. The van der Waals surface area contributed by atoms with Gasteiger partial charge in [0.1, 0.15) is 5.82 Å². The number of aryl methyl sites for hydroxylation is 1. The second-order valence-corrected chi connectivity index (χ2v) is 8.16. The van der Waals surface area contributed by atoms with Crippen LogP contribution in [0.5, 0.6) is 5.75 Å². The van der Waals surface area contributed by atoms with E-state index in [0.717, 1.165) is 11.3 Å². The molecule has 0 aliphatic heterocycles. The highest BCUT2D eigenvalue weighted by Crippen LogP contribution is 2.32. The van der Waals surface area contributed by atoms with E-state index in [0.29, 0.717) is 33.7 Å². The van der Waals surface area contributed by atoms with Gasteiger partial charge in [-0.2, -0.15) is 10.2 Å². The zero-order valence-corrected chi connectivity index (χ0v) is 19.4. The van der Waals surface area contributed by atoms with Crippen LogP contribution in [0.25, 0.3) is 0 Å². The minimum Gasteiger partial charge on any atom is -0.468 e. The van der Waals surface area contributed by atoms with Gasteiger partial charge in [-0.25, -0.2) is 9.07 Å². The number of aromatic nitrogens is 4. The van der Waals surface area contributed by atoms with E-state index in [2.05, 4.69) is 15.5 Å². The van der Waals surface area contributed by atoms with E-state index >= 15 is 0 Å². The van der Waals surface area contributed by atoms with Crippen molar-refractivity contribution >= 4 is 34.8 Å². The molecule has 4 aromatic rings. The fourth-order valence-electron chi connectivity index (χ4n) is 3.28. The largest absolute Gasteiger partial charge is 0.468 e. The lowest BCUT2D eigenvalue weighted by Gasteiger charge is -2.09. The molecular formula is C23H20Cl2FN5O2. The fraction of sp³-hybridized carbons (Fsp3) is 0.174. The second-order valence-electron chi connectivity index (χ2n) is 7.35. The molecule has 0 fully saturated rings. The second kappa shape index (κ2) is 9.64. The molecule has 170 valence electrons. The molecule has 7 nitrogen and oxygen atoms in total. The molecule has 0 saturated heterocycles. The van der Waals surface area contributed by atoms with Crippen LogP contribution in [0.15, 0.2) is 54.7 Å². The minimum absolute atomic E-state index is 0.0321. The number of carbonyl (C=O) groups excluding carboxylic acids is 1. The summed E-state index contributed by atoms with van der Waals surface area (Å²) in [7, 11) is 0. The van der Waals surface area contributed by atoms with Crippen molar-refractivity contribution < 1.29 is 13.9 Å². The zero-order valence-electron chi connectivity index (χ0n) is 17.8. The molecule has 1 N–H and O–H groups in total. The van der Waals surface area contributed by atoms with Crippen molar-refractivity contribution in [3.63, 3.8) is 0 Å². The van der Waals surface area contributed by atoms with Gasteiger partial charge in [-0.05, 0) is 49.7 Å². The lowest BCUT2D eigenvalue weighted by atomic mass is 10.2. The standard InChI is InChI=1S/C23H20Cl2FN5O2/c1-14-21(15(2)31(28-14)12-16-6-8-17(26)9-7-16)27-23(32)20-10-11-30(29-20)13-33-22-18(24)4-3-5-19(22)25/h3-11H,12-13H2,1-2H3,(H,27,32). The summed E-state index contributed by atoms with van der Waals surface area (Å²) in [4.78, 5) is 12.8. The van der Waals surface area contributed by atoms with Gasteiger partial charge in [0, 0.05) is 6.20 Å². The van der Waals surface area contributed by atoms with Crippen molar-refractivity contribution in [2.45, 2.75) is 27.1 Å². The molecule has 2 aromatic carbocycles. The Hall–Kier alpha value is -3.36. The predicted octanol–water partition coefficient (Wildman–Crippen LogP) is 5.48. The predicted molar refractivity (Wildman–Crippen MR) is 124 cm³/mol. The lowest BCUT2D eigenvalue weighted by Crippen LogP contribution is -2.15. The first-order valence-corrected chi connectivity index (χ1v) is 10.8. The highest BCUT2D eigenvalue weighted by molar-refractivity contribution is 6.37. The van der Waals surface area contributed by atoms with E-state index in [9.17, 15) is 9.18 Å². The van der Waals surface area contributed by atoms with Crippen molar-refractivity contribution in [1.82, 2.24) is 19.6 Å². The molecular weight excluding hydrogens is 468 g/mol. The van der Waals surface area contributed by atoms with Gasteiger partial charge in [-0.15, -0.1) is 0 Å². The van der Waals surface area contributed by atoms with Crippen molar-refractivity contribution in [3.8, 4) is 5.75 Å². The molecule has 1 amide bonds. The Balaban J connectivity index is 1.43. The number of anilines is 1. The summed E-state index contributed by atoms with van der Waals surface area (Å²) in [5.41, 5.74) is 3.17. The fourth-order valence-corrected chi connectivity index (χ4v) is 3.78. The number of benzene rings is 2. The number of halogens is 3. The molecule has 2 aromatic heterocycles. The van der Waals surface area contributed by atoms with E-state index in [1.54, 1.807) is 47.3 Å². The quantitative estimate of drug-likeness (QED) is 0.374. The zero-order chi connectivity index (χ0) is 23.5. The first-order valence-electron chi connectivity index (χ1n) is 10.0. The van der Waals surface area contributed by atoms with Gasteiger partial charge in [0.15, 0.2) is 18.2 Å². The third-order valence-corrected chi connectivity index (χ3v) is 5.59. The average Bonchev–Trinajstić information content (AvgIpc) is 3.35. The maximum absolute atomic E-state index is 13.2. The number of rotatable bonds is 7. The van der Waals surface area contributed by atoms with Crippen LogP contribution in [0.1, 0.15) is 27.4 Å². The summed E-state index contributed by atoms with van der Waals surface area (Å²) in [6.45, 7) is 4.16. The summed E-state index contributed by atoms with van der Waals surface area (Å²) < 4.78 is 22.0. The molecule has 2 heterocycles. The number of hydrogen-bond donors (Lipinski definition) is 1. The molecule has 0 aliphatic rings. The van der Waals surface area contributed by atoms with E-state index < -0.39 is 0 Å². The number of para-hydroxylation sites is 1. The molecule has 0 saturated carbocycles. The van der Waals surface area contributed by atoms with Crippen LogP contribution in [0, 0.1) is 19.7 Å². The third-order valence-electron chi connectivity index (χ3n) is 5.00. The van der Waals surface area contributed by atoms with E-state index in [1.807, 2.05) is 13.8 Å². The van der Waals surface area contributed by atoms with Crippen LogP contribution in [0.4, 0.5) is 10.1 Å². The molecule has 0 atom stereocenters. The van der Waals surface area contributed by atoms with Gasteiger partial charge in [0.05, 0.1) is 33.7 Å². The summed E-state index contributed by atoms with van der Waals surface area (Å²) >= 11 is 12.2. The van der Waals surface area contributed by atoms with Crippen LogP contribution < -0.4 is 10.1 Å². The van der Waals surface area contributed by atoms with E-state index in [1.165, 1.54) is 16.8 Å². The maximum atomic E-state index is 13.2. The number of nitrogens with zero attached hydrogens (tertiary/aromatic N) is 4. The summed E-state index contributed by atoms with van der Waals surface area (Å²) in [5, 5.41) is 12.4. The molecule has 0 spiro atoms. The van der Waals surface area contributed by atoms with Crippen LogP contribution >= 0.6 is 23.2 Å². The highest BCUT2D eigenvalue weighted by Gasteiger charge is 2.17. The normalized spacial score (nSPS) is 10.9. The maximum Gasteiger partial charge on any atom is 0.276 e. The van der Waals surface area contributed by atoms with Gasteiger partial charge in [-0.3, -0.25) is 9.48 Å². The molecule has 0 bridgehead atoms. The number of amides is 1. The summed E-state index contributed by atoms with van der Waals surface area (Å²) in [6, 6.07) is 12.9. The van der Waals surface area contributed by atoms with Crippen LogP contribution in [0.2, 0.25) is 10.0 Å². The summed E-state index contributed by atoms with van der Waals surface area (Å²) in [5.74, 6) is -0.320. The molecule has 0 aliphatic carbocycles. The Bertz CT molecular complexity index is 1280. The Morgan fingerprint density at radius 1 is 1.06 bits per heavy atom. The van der Waals surface area contributed by atoms with Gasteiger partial charge < -0.3 is 10.1 Å². The molecule has 10 heteroatoms. The highest BCUT2D eigenvalue weighted by atomic mass is 35.5. The van der Waals surface area contributed by atoms with Crippen LogP contribution in [0.3, 0.4) is 0 Å². The van der Waals surface area contributed by atoms with Crippen molar-refractivity contribution in [3.05, 3.63) is 93.2 Å². The Labute approximate surface area is 199 Å². The Morgan fingerprint density at radius 3 is 2.45 bits per heavy atom. The third kappa shape index (κ3) is 5.18. The average molecular weight is 488 g/mol. The number of hydrogen-bond acceptors (Lipinski definition) is 4. The minimum atomic E-state index is -0.378. The molecule has 0 unspecified atom stereocenters. The molecule has 33 heavy (non-hydrogen) atoms. The summed E-state index contributed by atoms with van der Waals surface area (Å²) in [6.07, 6.45) is 1.62. The van der Waals surface area contributed by atoms with Gasteiger partial charge in [-0.1, -0.05) is 41.4 Å². The first-order chi connectivity index (χ1) is 15.8. The van der Waals surface area contributed by atoms with Gasteiger partial charge >= 0.3 is 0 Å². The number of carbonyl (C=O) groups is 1. The lowest BCUT2D eigenvalue weighted by molar-refractivity contribution is 0.102. The van der Waals surface area contributed by atoms with Crippen LogP contribution in [-0.2, 0) is 13.3 Å². The molecule has 4 rings (SSSR count). The first kappa shape index (κ1) is 22.8. The van der Waals surface area contributed by atoms with Crippen LogP contribution in [-0.4, -0.2) is 25.5 Å². The van der Waals surface area contributed by atoms with Gasteiger partial charge in [0.2, 0.25) is 0 Å². The molecule has 0 radical (unpaired) electrons. The Morgan fingerprint density at radius 2 is 1.76 bits per heavy atom. The SMILES string of the molecule is Cc1nn(Cc2ccc(F)cc2)c(C)c1NC(=O)c1ccn(COc2c(Cl)cccc2Cl)n1. The topological polar surface area (TPSA) is 74.0 Å². The number of ether oxygens (including phenoxy) is 1. The smallest absolute Gasteiger partial charge is 0.276 e. The van der Waals surface area contributed by atoms with Gasteiger partial charge in [0.25, 0.3) is 5.91 Å². The van der Waals surface area contributed by atoms with E-state index in [-0.39, 0.29) is 24.1 Å². The van der Waals surface area contributed by atoms with Crippen molar-refractivity contribution in [2.75, 3.05) is 5.32 Å². The van der Waals surface area contributed by atoms with E-state index in [4.69, 9.17) is 27.9 Å². The Kier molecular flexibility index (Phi) is 6.67.